The van der Waals surface area contributed by atoms with Crippen molar-refractivity contribution in [1.29, 1.82) is 0 Å². The number of carbonyl (C=O) groups excluding carboxylic acids is 1. The van der Waals surface area contributed by atoms with Crippen LogP contribution in [0.3, 0.4) is 0 Å². The van der Waals surface area contributed by atoms with Gasteiger partial charge in [0.1, 0.15) is 6.10 Å². The lowest BCUT2D eigenvalue weighted by Gasteiger charge is -2.25. The van der Waals surface area contributed by atoms with Gasteiger partial charge in [-0.05, 0) is 62.4 Å². The van der Waals surface area contributed by atoms with E-state index in [2.05, 4.69) is 14.7 Å². The molecule has 0 spiro atoms. The number of amides is 1. The van der Waals surface area contributed by atoms with Crippen LogP contribution in [0, 0.1) is 13.8 Å². The average molecular weight is 479 g/mol. The first-order valence-electron chi connectivity index (χ1n) is 11.3. The molecule has 5 rings (SSSR count). The molecule has 0 aliphatic carbocycles. The number of ether oxygens (including phenoxy) is 1. The van der Waals surface area contributed by atoms with Crippen LogP contribution in [-0.2, 0) is 10.0 Å². The van der Waals surface area contributed by atoms with Crippen molar-refractivity contribution in [2.45, 2.75) is 44.1 Å². The van der Waals surface area contributed by atoms with E-state index < -0.39 is 10.0 Å². The van der Waals surface area contributed by atoms with Gasteiger partial charge in [-0.1, -0.05) is 24.3 Å². The van der Waals surface area contributed by atoms with Crippen molar-refractivity contribution in [3.63, 3.8) is 0 Å². The van der Waals surface area contributed by atoms with Gasteiger partial charge in [0.2, 0.25) is 11.8 Å². The Hall–Kier alpha value is -3.46. The SMILES string of the molecule is Cc1cccc(C)c1-c1cc2nc(n1)NS(=O)(=O)c1cccc(c1)C(=O)N1CCCCC(C1)O2. The Morgan fingerprint density at radius 2 is 1.79 bits per heavy atom. The highest BCUT2D eigenvalue weighted by atomic mass is 32.2. The van der Waals surface area contributed by atoms with Crippen LogP contribution in [0.25, 0.3) is 11.3 Å². The number of aromatic nitrogens is 2. The van der Waals surface area contributed by atoms with Crippen LogP contribution >= 0.6 is 0 Å². The molecule has 1 saturated heterocycles. The molecule has 1 fully saturated rings. The minimum absolute atomic E-state index is 0.0208. The molecule has 2 aromatic carbocycles. The Labute approximate surface area is 199 Å². The van der Waals surface area contributed by atoms with E-state index in [4.69, 9.17) is 4.74 Å². The first-order chi connectivity index (χ1) is 16.3. The zero-order valence-electron chi connectivity index (χ0n) is 19.1. The summed E-state index contributed by atoms with van der Waals surface area (Å²) in [5, 5.41) is 0. The van der Waals surface area contributed by atoms with Crippen LogP contribution in [0.4, 0.5) is 5.95 Å². The summed E-state index contributed by atoms with van der Waals surface area (Å²) >= 11 is 0. The third-order valence-corrected chi connectivity index (χ3v) is 7.59. The van der Waals surface area contributed by atoms with Crippen LogP contribution in [0.15, 0.2) is 53.4 Å². The standard InChI is InChI=1S/C25H26N4O4S/c1-16-7-5-8-17(2)23(16)21-14-22-27-25(26-21)28-34(31,32)20-11-6-9-18(13-20)24(30)29-12-4-3-10-19(15-29)33-22/h5-9,11,13-14,19H,3-4,10,12,15H2,1-2H3,(H,26,27,28). The average Bonchev–Trinajstić information content (AvgIpc) is 3.03. The summed E-state index contributed by atoms with van der Waals surface area (Å²) in [4.78, 5) is 23.9. The third kappa shape index (κ3) is 4.35. The van der Waals surface area contributed by atoms with E-state index in [-0.39, 0.29) is 28.7 Å². The minimum atomic E-state index is -4.03. The fourth-order valence-corrected chi connectivity index (χ4v) is 5.58. The Bertz CT molecular complexity index is 1350. The largest absolute Gasteiger partial charge is 0.472 e. The number of nitrogens with one attached hydrogen (secondary N) is 1. The second-order valence-electron chi connectivity index (χ2n) is 8.80. The summed E-state index contributed by atoms with van der Waals surface area (Å²) in [5.74, 6) is -0.00645. The maximum Gasteiger partial charge on any atom is 0.264 e. The molecule has 1 amide bonds. The van der Waals surface area contributed by atoms with Crippen molar-refractivity contribution in [1.82, 2.24) is 14.9 Å². The van der Waals surface area contributed by atoms with Crippen LogP contribution < -0.4 is 9.46 Å². The lowest BCUT2D eigenvalue weighted by molar-refractivity contribution is 0.0680. The number of carbonyl (C=O) groups is 1. The number of hydrogen-bond acceptors (Lipinski definition) is 6. The number of rotatable bonds is 1. The smallest absolute Gasteiger partial charge is 0.264 e. The Morgan fingerprint density at radius 1 is 1.03 bits per heavy atom. The van der Waals surface area contributed by atoms with E-state index in [9.17, 15) is 13.2 Å². The van der Waals surface area contributed by atoms with Gasteiger partial charge in [-0.25, -0.2) is 18.1 Å². The van der Waals surface area contributed by atoms with Gasteiger partial charge in [-0.2, -0.15) is 4.98 Å². The molecule has 0 saturated carbocycles. The number of hydrogen-bond donors (Lipinski definition) is 1. The molecule has 8 nitrogen and oxygen atoms in total. The summed E-state index contributed by atoms with van der Waals surface area (Å²) < 4.78 is 35.1. The van der Waals surface area contributed by atoms with E-state index in [1.165, 1.54) is 12.1 Å². The maximum atomic E-state index is 13.2. The first-order valence-corrected chi connectivity index (χ1v) is 12.8. The number of benzene rings is 2. The predicted octanol–water partition coefficient (Wildman–Crippen LogP) is 3.95. The van der Waals surface area contributed by atoms with Crippen molar-refractivity contribution < 1.29 is 17.9 Å². The summed E-state index contributed by atoms with van der Waals surface area (Å²) in [6.45, 7) is 4.97. The molecule has 34 heavy (non-hydrogen) atoms. The van der Waals surface area contributed by atoms with E-state index in [1.54, 1.807) is 23.1 Å². The molecule has 1 atom stereocenters. The van der Waals surface area contributed by atoms with E-state index >= 15 is 0 Å². The van der Waals surface area contributed by atoms with Gasteiger partial charge in [0.15, 0.2) is 0 Å². The van der Waals surface area contributed by atoms with Gasteiger partial charge >= 0.3 is 0 Å². The second kappa shape index (κ2) is 8.72. The fraction of sp³-hybridized carbons (Fsp3) is 0.320. The number of sulfonamides is 1. The minimum Gasteiger partial charge on any atom is -0.472 e. The molecule has 9 heteroatoms. The normalized spacial score (nSPS) is 19.5. The van der Waals surface area contributed by atoms with Gasteiger partial charge in [0, 0.05) is 23.7 Å². The second-order valence-corrected chi connectivity index (χ2v) is 10.5. The van der Waals surface area contributed by atoms with Gasteiger partial charge < -0.3 is 9.64 Å². The number of aryl methyl sites for hydroxylation is 2. The van der Waals surface area contributed by atoms with Crippen LogP contribution in [0.1, 0.15) is 40.7 Å². The lowest BCUT2D eigenvalue weighted by atomic mass is 10.00. The highest BCUT2D eigenvalue weighted by Gasteiger charge is 2.27. The van der Waals surface area contributed by atoms with Gasteiger partial charge in [-0.3, -0.25) is 4.79 Å². The zero-order valence-corrected chi connectivity index (χ0v) is 19.9. The molecule has 1 aromatic heterocycles. The number of nitrogens with zero attached hydrogens (tertiary/aromatic N) is 3. The predicted molar refractivity (Wildman–Crippen MR) is 128 cm³/mol. The molecular weight excluding hydrogens is 452 g/mol. The first kappa shape index (κ1) is 22.3. The molecule has 6 bridgehead atoms. The van der Waals surface area contributed by atoms with Gasteiger partial charge in [0.25, 0.3) is 15.9 Å². The Balaban J connectivity index is 1.68. The van der Waals surface area contributed by atoms with Crippen molar-refractivity contribution >= 4 is 21.9 Å². The van der Waals surface area contributed by atoms with Gasteiger partial charge in [-0.15, -0.1) is 0 Å². The topological polar surface area (TPSA) is 101 Å². The van der Waals surface area contributed by atoms with Crippen LogP contribution in [-0.4, -0.2) is 48.4 Å². The van der Waals surface area contributed by atoms with E-state index in [0.29, 0.717) is 24.3 Å². The number of fused-ring (bicyclic) bond motifs is 6. The molecular formula is C25H26N4O4S. The summed E-state index contributed by atoms with van der Waals surface area (Å²) in [6.07, 6.45) is 2.28. The molecule has 1 N–H and O–H groups in total. The van der Waals surface area contributed by atoms with Crippen molar-refractivity contribution in [3.05, 3.63) is 65.2 Å². The van der Waals surface area contributed by atoms with Crippen LogP contribution in [0.5, 0.6) is 5.88 Å². The van der Waals surface area contributed by atoms with E-state index in [1.807, 2.05) is 32.0 Å². The third-order valence-electron chi connectivity index (χ3n) is 6.26. The maximum absolute atomic E-state index is 13.2. The highest BCUT2D eigenvalue weighted by molar-refractivity contribution is 7.92. The van der Waals surface area contributed by atoms with Crippen LogP contribution in [0.2, 0.25) is 0 Å². The molecule has 1 unspecified atom stereocenters. The monoisotopic (exact) mass is 478 g/mol. The summed E-state index contributed by atoms with van der Waals surface area (Å²) in [6, 6.07) is 13.7. The Kier molecular flexibility index (Phi) is 5.73. The van der Waals surface area contributed by atoms with Crippen molar-refractivity contribution in [3.8, 4) is 17.1 Å². The van der Waals surface area contributed by atoms with Crippen molar-refractivity contribution in [2.24, 2.45) is 0 Å². The quantitative estimate of drug-likeness (QED) is 0.568. The molecule has 0 radical (unpaired) electrons. The number of anilines is 1. The molecule has 2 aliphatic heterocycles. The van der Waals surface area contributed by atoms with Crippen molar-refractivity contribution in [2.75, 3.05) is 17.8 Å². The zero-order chi connectivity index (χ0) is 23.9. The molecule has 176 valence electrons. The van der Waals surface area contributed by atoms with E-state index in [0.717, 1.165) is 36.0 Å². The molecule has 2 aliphatic rings. The summed E-state index contributed by atoms with van der Waals surface area (Å²) in [5.41, 5.74) is 3.82. The summed E-state index contributed by atoms with van der Waals surface area (Å²) in [7, 11) is -4.03. The molecule has 3 heterocycles. The van der Waals surface area contributed by atoms with Gasteiger partial charge in [0.05, 0.1) is 17.1 Å². The molecule has 3 aromatic rings. The lowest BCUT2D eigenvalue weighted by Crippen LogP contribution is -2.38. The fourth-order valence-electron chi connectivity index (χ4n) is 4.59. The highest BCUT2D eigenvalue weighted by Crippen LogP contribution is 2.30. The Morgan fingerprint density at radius 3 is 2.59 bits per heavy atom.